The van der Waals surface area contributed by atoms with Crippen molar-refractivity contribution >= 4 is 148 Å². The van der Waals surface area contributed by atoms with E-state index in [1.807, 2.05) is 0 Å². The van der Waals surface area contributed by atoms with Crippen molar-refractivity contribution in [3.63, 3.8) is 0 Å². The van der Waals surface area contributed by atoms with Crippen LogP contribution in [-0.2, 0) is 104 Å². The van der Waals surface area contributed by atoms with Crippen molar-refractivity contribution in [1.29, 1.82) is 10.8 Å². The number of carbonyl (C=O) groups is 19. The first-order valence-corrected chi connectivity index (χ1v) is 49.8. The average Bonchev–Trinajstić information content (AvgIpc) is 0.845. The van der Waals surface area contributed by atoms with E-state index in [9.17, 15) is 117 Å². The van der Waals surface area contributed by atoms with Gasteiger partial charge in [0.1, 0.15) is 102 Å². The molecule has 0 radical (unpaired) electrons. The van der Waals surface area contributed by atoms with Crippen LogP contribution in [0.5, 0.6) is 11.5 Å². The molecule has 0 saturated heterocycles. The summed E-state index contributed by atoms with van der Waals surface area (Å²) in [6, 6.07) is -13.4. The average molecular weight is 2060 g/mol. The Labute approximate surface area is 838 Å². The van der Waals surface area contributed by atoms with E-state index in [2.05, 4.69) is 101 Å². The lowest BCUT2D eigenvalue weighted by molar-refractivity contribution is -0.142. The Hall–Kier alpha value is -13.0. The highest BCUT2D eigenvalue weighted by Crippen LogP contribution is 2.19. The third kappa shape index (κ3) is 52.0. The molecular formula is C89H150N28O24S2. The molecule has 802 valence electrons. The summed E-state index contributed by atoms with van der Waals surface area (Å²) in [6.07, 6.45) is -0.871. The van der Waals surface area contributed by atoms with Crippen molar-refractivity contribution < 1.29 is 117 Å². The predicted molar refractivity (Wildman–Crippen MR) is 531 cm³/mol. The number of benzene rings is 2. The van der Waals surface area contributed by atoms with Gasteiger partial charge in [-0.3, -0.25) is 107 Å². The summed E-state index contributed by atoms with van der Waals surface area (Å²) in [6.45, 7) is 6.95. The fourth-order valence-electron chi connectivity index (χ4n) is 14.1. The van der Waals surface area contributed by atoms with Gasteiger partial charge in [-0.2, -0.15) is 23.5 Å². The fourth-order valence-corrected chi connectivity index (χ4v) is 15.0. The Bertz CT molecular complexity index is 4490. The molecule has 0 aromatic heterocycles. The predicted octanol–water partition coefficient (Wildman–Crippen LogP) is -8.83. The standard InChI is InChI=1S/C89H150N28O24S2/c1-47(2)38-62(73(94)127)111-85(139)67(43-99-46-102-89(97)98)115-83(137)65(41-52-22-26-54(122)27-23-52)113-77(131)57(18-11-14-34-92)107-84(138)66(42-71(125)126)114-87(141)72(49(5)119)117-80(134)61(31-37-143-8)110-86(140)68(45-118)116-78(132)58(19-15-35-100-88(95)96)108-81(135)63(39-48(3)4)112-76(130)56(17-10-13-33-91)105-75(129)55(16-9-12-32-90)106-79(133)59(28-29-69(93)123)109-82(136)64(40-51-20-24-53(121)25-21-51)104-70(124)44-101-74(128)60(30-36-142-7)103-50(6)120/h20-27,47-49,55-68,72,99,118-119,121-122H,9-19,28-46,90-92H2,1-8H3,(H2,93,123)(H2,94,127)(H,101,128)(H,103,120)(H,104,124)(H,105,129)(H,106,133)(H,107,138)(H,108,135)(H,109,136)(H,110,140)(H,111,139)(H,112,130)(H,113,131)(H,114,141)(H,115,137)(H,116,132)(H,117,134)(H,125,126)(H4,95,96,100)(H4,97,98,102)/t49-,55+,56+,57+,58+,59+,60+,61+,62+,63+,64+,65+,66+,67+,68+,72+/m1/s1. The Morgan fingerprint density at radius 1 is 0.378 bits per heavy atom. The smallest absolute Gasteiger partial charge is 0.305 e. The Morgan fingerprint density at radius 3 is 1.12 bits per heavy atom. The van der Waals surface area contributed by atoms with Crippen LogP contribution >= 0.6 is 23.5 Å². The van der Waals surface area contributed by atoms with Gasteiger partial charge in [0.05, 0.1) is 32.3 Å². The number of aliphatic hydroxyl groups excluding tert-OH is 2. The van der Waals surface area contributed by atoms with Crippen molar-refractivity contribution in [3.8, 4) is 11.5 Å². The number of aliphatic hydroxyl groups is 2. The number of carboxylic acid groups (broad SMARTS) is 1. The molecule has 0 spiro atoms. The van der Waals surface area contributed by atoms with Crippen molar-refractivity contribution in [3.05, 3.63) is 59.7 Å². The number of thioether (sulfide) groups is 2. The second kappa shape index (κ2) is 69.0. The van der Waals surface area contributed by atoms with E-state index in [1.54, 1.807) is 40.2 Å². The van der Waals surface area contributed by atoms with Gasteiger partial charge in [0.2, 0.25) is 106 Å². The zero-order chi connectivity index (χ0) is 108. The summed E-state index contributed by atoms with van der Waals surface area (Å²) in [7, 11) is 0. The van der Waals surface area contributed by atoms with Gasteiger partial charge in [-0.05, 0) is 201 Å². The van der Waals surface area contributed by atoms with Crippen molar-refractivity contribution in [2.75, 3.05) is 76.6 Å². The van der Waals surface area contributed by atoms with Crippen LogP contribution in [0.1, 0.15) is 168 Å². The van der Waals surface area contributed by atoms with E-state index in [0.29, 0.717) is 29.7 Å². The Balaban J connectivity index is 2.61. The molecule has 143 heavy (non-hydrogen) atoms. The summed E-state index contributed by atoms with van der Waals surface area (Å²) in [4.78, 5) is 265. The molecule has 2 rings (SSSR count). The number of nitrogens with one attached hydrogen (secondary N) is 21. The Morgan fingerprint density at radius 2 is 0.720 bits per heavy atom. The van der Waals surface area contributed by atoms with E-state index >= 15 is 0 Å². The topological polar surface area (TPSA) is 884 Å². The van der Waals surface area contributed by atoms with E-state index in [-0.39, 0.29) is 159 Å². The fraction of sp³-hybridized carbons (Fsp3) is 0.629. The molecule has 0 bridgehead atoms. The Kier molecular flexibility index (Phi) is 60.8. The van der Waals surface area contributed by atoms with Gasteiger partial charge in [0, 0.05) is 39.3 Å². The lowest BCUT2D eigenvalue weighted by atomic mass is 10.0. The van der Waals surface area contributed by atoms with Crippen LogP contribution in [-0.4, -0.2) is 323 Å². The summed E-state index contributed by atoms with van der Waals surface area (Å²) in [5, 5.41) is 115. The first-order chi connectivity index (χ1) is 67.6. The molecule has 18 amide bonds. The number of hydrogen-bond donors (Lipinski definition) is 33. The molecule has 40 N–H and O–H groups in total. The van der Waals surface area contributed by atoms with Crippen molar-refractivity contribution in [1.82, 2.24) is 101 Å². The third-order valence-corrected chi connectivity index (χ3v) is 22.9. The van der Waals surface area contributed by atoms with Crippen molar-refractivity contribution in [2.45, 2.75) is 267 Å². The molecule has 0 aliphatic heterocycles. The van der Waals surface area contributed by atoms with Crippen LogP contribution < -0.4 is 141 Å². The molecule has 2 aromatic carbocycles. The first kappa shape index (κ1) is 126. The highest BCUT2D eigenvalue weighted by atomic mass is 32.2. The molecule has 52 nitrogen and oxygen atoms in total. The minimum absolute atomic E-state index is 0.0381. The molecule has 54 heteroatoms. The third-order valence-electron chi connectivity index (χ3n) is 21.7. The van der Waals surface area contributed by atoms with Gasteiger partial charge < -0.3 is 161 Å². The molecule has 0 saturated carbocycles. The zero-order valence-corrected chi connectivity index (χ0v) is 83.7. The normalized spacial score (nSPS) is 14.5. The molecule has 16 atom stereocenters. The molecular weight excluding hydrogens is 1910 g/mol. The minimum Gasteiger partial charge on any atom is -0.508 e. The number of carboxylic acids is 1. The largest absolute Gasteiger partial charge is 0.508 e. The van der Waals surface area contributed by atoms with E-state index in [1.165, 1.54) is 79.0 Å². The van der Waals surface area contributed by atoms with Gasteiger partial charge in [-0.15, -0.1) is 0 Å². The number of amides is 18. The first-order valence-electron chi connectivity index (χ1n) is 47.0. The van der Waals surface area contributed by atoms with Crippen LogP contribution in [0.15, 0.2) is 48.5 Å². The summed E-state index contributed by atoms with van der Waals surface area (Å²) < 4.78 is 0. The molecule has 0 fully saturated rings. The highest BCUT2D eigenvalue weighted by molar-refractivity contribution is 7.98. The highest BCUT2D eigenvalue weighted by Gasteiger charge is 2.40. The lowest BCUT2D eigenvalue weighted by Gasteiger charge is -2.29. The molecule has 0 aliphatic rings. The van der Waals surface area contributed by atoms with Gasteiger partial charge in [-0.25, -0.2) is 0 Å². The quantitative estimate of drug-likeness (QED) is 0.0127. The monoisotopic (exact) mass is 2060 g/mol. The lowest BCUT2D eigenvalue weighted by Crippen LogP contribution is -2.63. The number of phenolic OH excluding ortho intramolecular Hbond substituents is 2. The van der Waals surface area contributed by atoms with E-state index in [0.717, 1.165) is 6.92 Å². The summed E-state index contributed by atoms with van der Waals surface area (Å²) in [5.41, 5.74) is 40.4. The maximum Gasteiger partial charge on any atom is 0.305 e. The molecule has 0 aliphatic carbocycles. The number of aromatic hydroxyl groups is 2. The number of primary amides is 2. The van der Waals surface area contributed by atoms with Crippen LogP contribution in [0.4, 0.5) is 0 Å². The van der Waals surface area contributed by atoms with Crippen LogP contribution in [0.3, 0.4) is 0 Å². The summed E-state index contributed by atoms with van der Waals surface area (Å²) in [5.74, 6) is -21.1. The number of hydrogen-bond acceptors (Lipinski definition) is 31. The maximum absolute atomic E-state index is 14.8. The number of guanidine groups is 2. The SMILES string of the molecule is CSCC[C@H](NC(C)=O)C(=O)NCC(=O)N[C@@H](Cc1ccc(O)cc1)C(=O)N[C@@H](CCC(N)=O)C(=O)N[C@@H](CCCCN)C(=O)N[C@@H](CCCCN)C(=O)N[C@@H](CC(C)C)C(=O)N[C@@H](CCCNC(=N)N)C(=O)N[C@@H](CO)C(=O)N[C@@H](CCSC)C(=O)N[C@H](C(=O)N[C@@H](CC(=O)O)C(=O)N[C@@H](CCCCN)C(=O)N[C@@H](Cc1ccc(O)cc1)C(=O)N[C@@H](CNCNC(=N)N)C(=O)N[C@@H](CC(C)C)C(N)=O)[C@@H](C)O. The number of carbonyl (C=O) groups excluding carboxylic acids is 18. The van der Waals surface area contributed by atoms with Gasteiger partial charge in [0.15, 0.2) is 11.9 Å². The van der Waals surface area contributed by atoms with E-state index < -0.39 is 259 Å². The minimum atomic E-state index is -2.12. The van der Waals surface area contributed by atoms with Crippen molar-refractivity contribution in [2.24, 2.45) is 52.0 Å². The second-order valence-electron chi connectivity index (χ2n) is 34.9. The second-order valence-corrected chi connectivity index (χ2v) is 36.8. The number of rotatable bonds is 73. The number of nitrogens with two attached hydrogens (primary N) is 7. The van der Waals surface area contributed by atoms with Crippen LogP contribution in [0.2, 0.25) is 0 Å². The number of aliphatic carboxylic acids is 1. The molecule has 0 heterocycles. The van der Waals surface area contributed by atoms with Gasteiger partial charge >= 0.3 is 5.97 Å². The van der Waals surface area contributed by atoms with Gasteiger partial charge in [-0.1, -0.05) is 52.0 Å². The number of phenols is 2. The molecule has 0 unspecified atom stereocenters. The molecule has 2 aromatic rings. The van der Waals surface area contributed by atoms with E-state index in [4.69, 9.17) is 51.0 Å². The van der Waals surface area contributed by atoms with Crippen LogP contribution in [0.25, 0.3) is 0 Å². The summed E-state index contributed by atoms with van der Waals surface area (Å²) >= 11 is 2.58. The zero-order valence-electron chi connectivity index (χ0n) is 82.1. The van der Waals surface area contributed by atoms with Gasteiger partial charge in [0.25, 0.3) is 0 Å². The maximum atomic E-state index is 14.8. The number of unbranched alkanes of at least 4 members (excludes halogenated alkanes) is 3. The van der Waals surface area contributed by atoms with Crippen LogP contribution in [0, 0.1) is 22.7 Å².